The molecule has 0 aliphatic heterocycles. The molecule has 1 saturated carbocycles. The normalized spacial score (nSPS) is 19.8. The molecule has 1 aromatic heterocycles. The molecule has 162 valence electrons. The summed E-state index contributed by atoms with van der Waals surface area (Å²) < 4.78 is 0.781. The molecular formula is C22H29N3O3S2. The zero-order valence-corrected chi connectivity index (χ0v) is 19.0. The van der Waals surface area contributed by atoms with Gasteiger partial charge in [-0.1, -0.05) is 55.5 Å². The van der Waals surface area contributed by atoms with Crippen LogP contribution in [0.2, 0.25) is 0 Å². The predicted molar refractivity (Wildman–Crippen MR) is 122 cm³/mol. The second-order valence-corrected chi connectivity index (χ2v) is 10.3. The van der Waals surface area contributed by atoms with E-state index in [0.29, 0.717) is 17.6 Å². The summed E-state index contributed by atoms with van der Waals surface area (Å²) >= 11 is 2.53. The maximum atomic E-state index is 13.2. The number of hydrogen-bond donors (Lipinski definition) is 2. The van der Waals surface area contributed by atoms with Gasteiger partial charge in [-0.25, -0.2) is 9.78 Å². The molecule has 0 bridgehead atoms. The summed E-state index contributed by atoms with van der Waals surface area (Å²) in [5.74, 6) is 0.0580. The first-order valence-corrected chi connectivity index (χ1v) is 12.2. The molecule has 8 heteroatoms. The number of thioether (sulfide) groups is 1. The molecule has 2 N–H and O–H groups in total. The largest absolute Gasteiger partial charge is 0.481 e. The van der Waals surface area contributed by atoms with Crippen molar-refractivity contribution in [1.29, 1.82) is 0 Å². The second kappa shape index (κ2) is 10.8. The van der Waals surface area contributed by atoms with Crippen LogP contribution >= 0.6 is 23.1 Å². The van der Waals surface area contributed by atoms with Gasteiger partial charge in [0.2, 0.25) is 0 Å². The highest BCUT2D eigenvalue weighted by molar-refractivity contribution is 8.01. The lowest BCUT2D eigenvalue weighted by molar-refractivity contribution is -0.133. The Morgan fingerprint density at radius 3 is 2.63 bits per heavy atom. The summed E-state index contributed by atoms with van der Waals surface area (Å²) in [7, 11) is 0. The van der Waals surface area contributed by atoms with Crippen molar-refractivity contribution in [2.75, 3.05) is 17.6 Å². The number of urea groups is 1. The fraction of sp³-hybridized carbons (Fsp3) is 0.500. The molecule has 1 heterocycles. The van der Waals surface area contributed by atoms with Crippen molar-refractivity contribution in [2.24, 2.45) is 5.92 Å². The van der Waals surface area contributed by atoms with E-state index in [1.165, 1.54) is 28.7 Å². The third kappa shape index (κ3) is 6.47. The first-order chi connectivity index (χ1) is 14.4. The number of rotatable bonds is 8. The number of nitrogens with zero attached hydrogens (tertiary/aromatic N) is 2. The minimum absolute atomic E-state index is 0.0173. The molecule has 1 atom stereocenters. The SMILES string of the molecule is CC(CN(C(=O)Nc1ncc(SCC(=O)O)s1)[C@H]1CC[C@H](C)CC1)c1ccccc1. The molecule has 1 aliphatic carbocycles. The number of amides is 2. The monoisotopic (exact) mass is 447 g/mol. The first-order valence-electron chi connectivity index (χ1n) is 10.4. The number of hydrogen-bond acceptors (Lipinski definition) is 5. The first kappa shape index (κ1) is 22.6. The summed E-state index contributed by atoms with van der Waals surface area (Å²) in [6, 6.07) is 10.4. The van der Waals surface area contributed by atoms with E-state index in [-0.39, 0.29) is 23.7 Å². The Morgan fingerprint density at radius 2 is 1.97 bits per heavy atom. The van der Waals surface area contributed by atoms with Crippen LogP contribution in [0.1, 0.15) is 51.0 Å². The Morgan fingerprint density at radius 1 is 1.27 bits per heavy atom. The molecule has 1 unspecified atom stereocenters. The van der Waals surface area contributed by atoms with Crippen molar-refractivity contribution < 1.29 is 14.7 Å². The Bertz CT molecular complexity index is 835. The number of aromatic nitrogens is 1. The standard InChI is InChI=1S/C22H29N3O3S2/c1-15-8-10-18(11-9-15)25(13-16(2)17-6-4-3-5-7-17)22(28)24-21-23-12-20(30-21)29-14-19(26)27/h3-7,12,15-16,18H,8-11,13-14H2,1-2H3,(H,26,27)(H,23,24,28)/t15-,16?,18-. The van der Waals surface area contributed by atoms with Crippen molar-refractivity contribution in [3.8, 4) is 0 Å². The summed E-state index contributed by atoms with van der Waals surface area (Å²) in [5.41, 5.74) is 1.22. The van der Waals surface area contributed by atoms with E-state index < -0.39 is 5.97 Å². The van der Waals surface area contributed by atoms with Crippen LogP contribution in [0, 0.1) is 5.92 Å². The second-order valence-electron chi connectivity index (χ2n) is 7.97. The van der Waals surface area contributed by atoms with Gasteiger partial charge >= 0.3 is 12.0 Å². The summed E-state index contributed by atoms with van der Waals surface area (Å²) in [4.78, 5) is 30.2. The van der Waals surface area contributed by atoms with Gasteiger partial charge in [0.25, 0.3) is 0 Å². The van der Waals surface area contributed by atoms with Gasteiger partial charge < -0.3 is 10.0 Å². The number of nitrogens with one attached hydrogen (secondary N) is 1. The smallest absolute Gasteiger partial charge is 0.323 e. The van der Waals surface area contributed by atoms with Crippen LogP contribution in [0.25, 0.3) is 0 Å². The number of benzene rings is 1. The average molecular weight is 448 g/mol. The highest BCUT2D eigenvalue weighted by Crippen LogP contribution is 2.31. The lowest BCUT2D eigenvalue weighted by Crippen LogP contribution is -2.46. The highest BCUT2D eigenvalue weighted by atomic mass is 32.2. The number of carboxylic acid groups (broad SMARTS) is 1. The average Bonchev–Trinajstić information content (AvgIpc) is 3.19. The molecule has 2 amide bonds. The van der Waals surface area contributed by atoms with Gasteiger partial charge in [-0.3, -0.25) is 10.1 Å². The lowest BCUT2D eigenvalue weighted by atomic mass is 9.86. The van der Waals surface area contributed by atoms with Crippen molar-refractivity contribution in [1.82, 2.24) is 9.88 Å². The molecule has 1 aliphatic rings. The molecule has 0 radical (unpaired) electrons. The van der Waals surface area contributed by atoms with E-state index in [9.17, 15) is 9.59 Å². The van der Waals surface area contributed by atoms with Gasteiger partial charge in [-0.2, -0.15) is 0 Å². The fourth-order valence-electron chi connectivity index (χ4n) is 3.81. The van der Waals surface area contributed by atoms with E-state index >= 15 is 0 Å². The molecule has 0 saturated heterocycles. The van der Waals surface area contributed by atoms with Crippen LogP contribution in [-0.2, 0) is 4.79 Å². The van der Waals surface area contributed by atoms with E-state index in [1.54, 1.807) is 6.20 Å². The van der Waals surface area contributed by atoms with E-state index in [0.717, 1.165) is 29.9 Å². The van der Waals surface area contributed by atoms with E-state index in [4.69, 9.17) is 5.11 Å². The number of carboxylic acids is 1. The minimum atomic E-state index is -0.869. The quantitative estimate of drug-likeness (QED) is 0.520. The molecular weight excluding hydrogens is 418 g/mol. The van der Waals surface area contributed by atoms with Crippen LogP contribution in [-0.4, -0.2) is 45.3 Å². The maximum Gasteiger partial charge on any atom is 0.323 e. The van der Waals surface area contributed by atoms with Gasteiger partial charge in [0, 0.05) is 12.6 Å². The molecule has 30 heavy (non-hydrogen) atoms. The Labute approximate surface area is 186 Å². The molecule has 2 aromatic rings. The maximum absolute atomic E-state index is 13.2. The summed E-state index contributed by atoms with van der Waals surface area (Å²) in [6.45, 7) is 5.09. The third-order valence-corrected chi connectivity index (χ3v) is 7.65. The number of anilines is 1. The van der Waals surface area contributed by atoms with Crippen molar-refractivity contribution in [2.45, 2.75) is 55.7 Å². The number of thiazole rings is 1. The molecule has 6 nitrogen and oxygen atoms in total. The van der Waals surface area contributed by atoms with Gasteiger partial charge in [-0.15, -0.1) is 11.8 Å². The van der Waals surface area contributed by atoms with E-state index in [2.05, 4.69) is 36.3 Å². The highest BCUT2D eigenvalue weighted by Gasteiger charge is 2.29. The van der Waals surface area contributed by atoms with Gasteiger partial charge in [0.15, 0.2) is 5.13 Å². The zero-order chi connectivity index (χ0) is 21.5. The van der Waals surface area contributed by atoms with Gasteiger partial charge in [0.1, 0.15) is 0 Å². The van der Waals surface area contributed by atoms with Crippen LogP contribution in [0.15, 0.2) is 40.7 Å². The molecule has 1 fully saturated rings. The van der Waals surface area contributed by atoms with Crippen molar-refractivity contribution in [3.05, 3.63) is 42.1 Å². The van der Waals surface area contributed by atoms with Crippen LogP contribution < -0.4 is 5.32 Å². The van der Waals surface area contributed by atoms with Gasteiger partial charge in [0.05, 0.1) is 16.2 Å². The molecule has 0 spiro atoms. The van der Waals surface area contributed by atoms with E-state index in [1.807, 2.05) is 23.1 Å². The molecule has 1 aromatic carbocycles. The lowest BCUT2D eigenvalue weighted by Gasteiger charge is -2.37. The fourth-order valence-corrected chi connectivity index (χ4v) is 5.40. The van der Waals surface area contributed by atoms with Gasteiger partial charge in [-0.05, 0) is 43.1 Å². The number of aliphatic carboxylic acids is 1. The van der Waals surface area contributed by atoms with Crippen molar-refractivity contribution >= 4 is 40.2 Å². The third-order valence-electron chi connectivity index (χ3n) is 5.56. The number of carbonyl (C=O) groups is 2. The van der Waals surface area contributed by atoms with Crippen LogP contribution in [0.5, 0.6) is 0 Å². The zero-order valence-electron chi connectivity index (χ0n) is 17.4. The van der Waals surface area contributed by atoms with Crippen LogP contribution in [0.3, 0.4) is 0 Å². The summed E-state index contributed by atoms with van der Waals surface area (Å²) in [5, 5.41) is 12.3. The summed E-state index contributed by atoms with van der Waals surface area (Å²) in [6.07, 6.45) is 5.94. The van der Waals surface area contributed by atoms with Crippen molar-refractivity contribution in [3.63, 3.8) is 0 Å². The Kier molecular flexibility index (Phi) is 8.16. The topological polar surface area (TPSA) is 82.5 Å². The Hall–Kier alpha value is -2.06. The predicted octanol–water partition coefficient (Wildman–Crippen LogP) is 5.54. The number of carbonyl (C=O) groups excluding carboxylic acids is 1. The molecule has 3 rings (SSSR count). The Balaban J connectivity index is 1.69. The van der Waals surface area contributed by atoms with Crippen LogP contribution in [0.4, 0.5) is 9.93 Å². The minimum Gasteiger partial charge on any atom is -0.481 e.